The van der Waals surface area contributed by atoms with Gasteiger partial charge in [0.2, 0.25) is 0 Å². The van der Waals surface area contributed by atoms with Crippen molar-refractivity contribution >= 4 is 17.6 Å². The first-order valence-electron chi connectivity index (χ1n) is 6.34. The summed E-state index contributed by atoms with van der Waals surface area (Å²) in [6.45, 7) is 2.43. The van der Waals surface area contributed by atoms with Crippen LogP contribution in [0.3, 0.4) is 0 Å². The maximum atomic E-state index is 10.8. The minimum absolute atomic E-state index is 0.00562. The van der Waals surface area contributed by atoms with E-state index in [2.05, 4.69) is 15.5 Å². The number of rotatable bonds is 6. The molecule has 106 valence electrons. The number of hydrogen-bond donors (Lipinski definition) is 1. The van der Waals surface area contributed by atoms with Crippen molar-refractivity contribution in [2.24, 2.45) is 5.92 Å². The Balaban J connectivity index is 2.22. The molecule has 1 N–H and O–H groups in total. The Kier molecular flexibility index (Phi) is 4.68. The van der Waals surface area contributed by atoms with Crippen LogP contribution in [-0.4, -0.2) is 31.3 Å². The lowest BCUT2D eigenvalue weighted by Gasteiger charge is -2.13. The summed E-state index contributed by atoms with van der Waals surface area (Å²) in [5, 5.41) is 21.1. The molecule has 0 bridgehead atoms. The second kappa shape index (κ2) is 6.47. The Morgan fingerprint density at radius 3 is 2.95 bits per heavy atom. The van der Waals surface area contributed by atoms with E-state index in [0.29, 0.717) is 17.4 Å². The van der Waals surface area contributed by atoms with E-state index in [1.54, 1.807) is 16.8 Å². The van der Waals surface area contributed by atoms with Crippen LogP contribution in [0.4, 0.5) is 0 Å². The van der Waals surface area contributed by atoms with Gasteiger partial charge in [0.05, 0.1) is 0 Å². The van der Waals surface area contributed by atoms with Crippen LogP contribution in [0.25, 0.3) is 11.4 Å². The zero-order valence-corrected chi connectivity index (χ0v) is 11.8. The lowest BCUT2D eigenvalue weighted by molar-refractivity contribution is -0.138. The molecule has 0 aliphatic carbocycles. The molecule has 20 heavy (non-hydrogen) atoms. The highest BCUT2D eigenvalue weighted by Crippen LogP contribution is 2.21. The first kappa shape index (κ1) is 14.5. The molecule has 0 aliphatic rings. The van der Waals surface area contributed by atoms with Crippen LogP contribution in [0.1, 0.15) is 19.8 Å². The van der Waals surface area contributed by atoms with Gasteiger partial charge in [0.25, 0.3) is 0 Å². The lowest BCUT2D eigenvalue weighted by Crippen LogP contribution is -2.16. The standard InChI is InChI=1S/C13H15ClN4O2/c1-2-9(6-12(19)20)8-18-13(15-16-17-18)10-4-3-5-11(14)7-10/h3-5,7,9H,2,6,8H2,1H3,(H,19,20). The van der Waals surface area contributed by atoms with Crippen LogP contribution < -0.4 is 0 Å². The number of carbonyl (C=O) groups is 1. The predicted molar refractivity (Wildman–Crippen MR) is 74.3 cm³/mol. The summed E-state index contributed by atoms with van der Waals surface area (Å²) >= 11 is 5.96. The molecule has 0 amide bonds. The third kappa shape index (κ3) is 3.54. The fourth-order valence-electron chi connectivity index (χ4n) is 1.99. The lowest BCUT2D eigenvalue weighted by atomic mass is 10.0. The van der Waals surface area contributed by atoms with Gasteiger partial charge in [-0.05, 0) is 28.5 Å². The maximum Gasteiger partial charge on any atom is 0.303 e. The summed E-state index contributed by atoms with van der Waals surface area (Å²) in [7, 11) is 0. The van der Waals surface area contributed by atoms with Crippen LogP contribution in [0.2, 0.25) is 5.02 Å². The van der Waals surface area contributed by atoms with Crippen molar-refractivity contribution in [2.45, 2.75) is 26.3 Å². The normalized spacial score (nSPS) is 12.3. The van der Waals surface area contributed by atoms with E-state index in [1.807, 2.05) is 19.1 Å². The number of carboxylic acids is 1. The van der Waals surface area contributed by atoms with Gasteiger partial charge in [-0.2, -0.15) is 0 Å². The van der Waals surface area contributed by atoms with Gasteiger partial charge in [-0.15, -0.1) is 5.10 Å². The molecule has 0 fully saturated rings. The molecule has 1 heterocycles. The highest BCUT2D eigenvalue weighted by molar-refractivity contribution is 6.30. The van der Waals surface area contributed by atoms with E-state index in [-0.39, 0.29) is 12.3 Å². The minimum Gasteiger partial charge on any atom is -0.481 e. The van der Waals surface area contributed by atoms with E-state index in [9.17, 15) is 4.79 Å². The van der Waals surface area contributed by atoms with Crippen LogP contribution in [0.5, 0.6) is 0 Å². The summed E-state index contributed by atoms with van der Waals surface area (Å²) in [5.74, 6) is -0.223. The third-order valence-electron chi connectivity index (χ3n) is 3.09. The van der Waals surface area contributed by atoms with Crippen molar-refractivity contribution in [1.82, 2.24) is 20.2 Å². The second-order valence-corrected chi connectivity index (χ2v) is 5.00. The van der Waals surface area contributed by atoms with Gasteiger partial charge in [-0.25, -0.2) is 4.68 Å². The van der Waals surface area contributed by atoms with Gasteiger partial charge in [0.15, 0.2) is 5.82 Å². The first-order chi connectivity index (χ1) is 9.60. The fourth-order valence-corrected chi connectivity index (χ4v) is 2.18. The van der Waals surface area contributed by atoms with Gasteiger partial charge in [0, 0.05) is 23.6 Å². The molecule has 1 atom stereocenters. The van der Waals surface area contributed by atoms with Gasteiger partial charge in [-0.3, -0.25) is 4.79 Å². The third-order valence-corrected chi connectivity index (χ3v) is 3.32. The van der Waals surface area contributed by atoms with Crippen molar-refractivity contribution in [3.63, 3.8) is 0 Å². The molecule has 1 aromatic carbocycles. The quantitative estimate of drug-likeness (QED) is 0.885. The number of aromatic nitrogens is 4. The average molecular weight is 295 g/mol. The summed E-state index contributed by atoms with van der Waals surface area (Å²) in [5.41, 5.74) is 0.813. The first-order valence-corrected chi connectivity index (χ1v) is 6.71. The molecule has 1 unspecified atom stereocenters. The van der Waals surface area contributed by atoms with E-state index in [4.69, 9.17) is 16.7 Å². The van der Waals surface area contributed by atoms with E-state index >= 15 is 0 Å². The van der Waals surface area contributed by atoms with Crippen molar-refractivity contribution in [2.75, 3.05) is 0 Å². The van der Waals surface area contributed by atoms with Gasteiger partial charge >= 0.3 is 5.97 Å². The summed E-state index contributed by atoms with van der Waals surface area (Å²) in [6.07, 6.45) is 0.854. The summed E-state index contributed by atoms with van der Waals surface area (Å²) in [6, 6.07) is 7.25. The topological polar surface area (TPSA) is 80.9 Å². The molecule has 1 aromatic heterocycles. The molecule has 2 rings (SSSR count). The average Bonchev–Trinajstić information content (AvgIpc) is 2.85. The fraction of sp³-hybridized carbons (Fsp3) is 0.385. The number of nitrogens with zero attached hydrogens (tertiary/aromatic N) is 4. The van der Waals surface area contributed by atoms with E-state index < -0.39 is 5.97 Å². The molecule has 0 radical (unpaired) electrons. The number of aliphatic carboxylic acids is 1. The Labute approximate surface area is 121 Å². The second-order valence-electron chi connectivity index (χ2n) is 4.57. The Morgan fingerprint density at radius 1 is 1.50 bits per heavy atom. The smallest absolute Gasteiger partial charge is 0.303 e. The molecular formula is C13H15ClN4O2. The monoisotopic (exact) mass is 294 g/mol. The molecule has 0 aliphatic heterocycles. The van der Waals surface area contributed by atoms with Crippen molar-refractivity contribution in [3.05, 3.63) is 29.3 Å². The maximum absolute atomic E-state index is 10.8. The zero-order valence-electron chi connectivity index (χ0n) is 11.0. The van der Waals surface area contributed by atoms with E-state index in [0.717, 1.165) is 12.0 Å². The predicted octanol–water partition coefficient (Wildman–Crippen LogP) is 2.49. The van der Waals surface area contributed by atoms with Crippen LogP contribution in [-0.2, 0) is 11.3 Å². The molecule has 6 nitrogen and oxygen atoms in total. The Bertz CT molecular complexity index is 600. The van der Waals surface area contributed by atoms with Crippen molar-refractivity contribution in [1.29, 1.82) is 0 Å². The SMILES string of the molecule is CCC(CC(=O)O)Cn1nnnc1-c1cccc(Cl)c1. The van der Waals surface area contributed by atoms with Crippen molar-refractivity contribution in [3.8, 4) is 11.4 Å². The zero-order chi connectivity index (χ0) is 14.5. The molecule has 7 heteroatoms. The molecule has 0 spiro atoms. The van der Waals surface area contributed by atoms with Crippen molar-refractivity contribution < 1.29 is 9.90 Å². The van der Waals surface area contributed by atoms with Gasteiger partial charge < -0.3 is 5.11 Å². The largest absolute Gasteiger partial charge is 0.481 e. The Morgan fingerprint density at radius 2 is 2.30 bits per heavy atom. The number of carboxylic acid groups (broad SMARTS) is 1. The molecule has 0 saturated carbocycles. The summed E-state index contributed by atoms with van der Waals surface area (Å²) < 4.78 is 1.63. The van der Waals surface area contributed by atoms with E-state index in [1.165, 1.54) is 0 Å². The summed E-state index contributed by atoms with van der Waals surface area (Å²) in [4.78, 5) is 10.8. The molecule has 0 saturated heterocycles. The highest BCUT2D eigenvalue weighted by atomic mass is 35.5. The number of tetrazole rings is 1. The molecule has 2 aromatic rings. The highest BCUT2D eigenvalue weighted by Gasteiger charge is 2.16. The van der Waals surface area contributed by atoms with Gasteiger partial charge in [-0.1, -0.05) is 37.1 Å². The van der Waals surface area contributed by atoms with Gasteiger partial charge in [0.1, 0.15) is 0 Å². The molecular weight excluding hydrogens is 280 g/mol. The van der Waals surface area contributed by atoms with Crippen LogP contribution in [0.15, 0.2) is 24.3 Å². The van der Waals surface area contributed by atoms with Crippen LogP contribution in [0, 0.1) is 5.92 Å². The minimum atomic E-state index is -0.811. The number of halogens is 1. The number of hydrogen-bond acceptors (Lipinski definition) is 4. The number of benzene rings is 1. The Hall–Kier alpha value is -1.95. The van der Waals surface area contributed by atoms with Crippen LogP contribution >= 0.6 is 11.6 Å².